The number of anilines is 1. The van der Waals surface area contributed by atoms with Gasteiger partial charge in [-0.2, -0.15) is 0 Å². The predicted molar refractivity (Wildman–Crippen MR) is 87.8 cm³/mol. The van der Waals surface area contributed by atoms with Crippen LogP contribution in [0.5, 0.6) is 0 Å². The third-order valence-electron chi connectivity index (χ3n) is 3.89. The van der Waals surface area contributed by atoms with E-state index in [-0.39, 0.29) is 16.3 Å². The highest BCUT2D eigenvalue weighted by atomic mass is 32.2. The van der Waals surface area contributed by atoms with Crippen molar-refractivity contribution in [3.63, 3.8) is 0 Å². The second kappa shape index (κ2) is 6.00. The molecular weight excluding hydrogens is 314 g/mol. The number of hydrogen-bond acceptors (Lipinski definition) is 5. The third-order valence-corrected chi connectivity index (χ3v) is 5.28. The second-order valence-electron chi connectivity index (χ2n) is 5.39. The minimum absolute atomic E-state index is 0.0511. The summed E-state index contributed by atoms with van der Waals surface area (Å²) in [7, 11) is -3.79. The van der Waals surface area contributed by atoms with Gasteiger partial charge in [0.1, 0.15) is 10.4 Å². The molecule has 0 spiro atoms. The maximum absolute atomic E-state index is 12.8. The maximum Gasteiger partial charge on any atom is 0.264 e. The molecule has 3 aromatic rings. The van der Waals surface area contributed by atoms with Crippen LogP contribution in [0.25, 0.3) is 11.0 Å². The Morgan fingerprint density at radius 3 is 2.70 bits per heavy atom. The molecule has 0 aliphatic rings. The van der Waals surface area contributed by atoms with Crippen molar-refractivity contribution in [3.8, 4) is 0 Å². The first-order valence-electron chi connectivity index (χ1n) is 7.36. The van der Waals surface area contributed by atoms with Crippen LogP contribution < -0.4 is 4.72 Å². The quantitative estimate of drug-likeness (QED) is 0.773. The summed E-state index contributed by atoms with van der Waals surface area (Å²) in [5.41, 5.74) is 2.17. The number of aromatic nitrogens is 2. The zero-order valence-corrected chi connectivity index (χ0v) is 13.7. The lowest BCUT2D eigenvalue weighted by molar-refractivity contribution is 0.315. The Kier molecular flexibility index (Phi) is 4.04. The highest BCUT2D eigenvalue weighted by Gasteiger charge is 2.22. The van der Waals surface area contributed by atoms with Crippen molar-refractivity contribution in [1.82, 2.24) is 10.3 Å². The molecule has 7 heteroatoms. The number of hydrogen-bond donors (Lipinski definition) is 1. The molecule has 2 aromatic carbocycles. The van der Waals surface area contributed by atoms with Gasteiger partial charge in [-0.3, -0.25) is 4.72 Å². The molecule has 6 nitrogen and oxygen atoms in total. The van der Waals surface area contributed by atoms with Crippen molar-refractivity contribution in [3.05, 3.63) is 48.0 Å². The van der Waals surface area contributed by atoms with E-state index in [1.165, 1.54) is 6.07 Å². The number of para-hydroxylation sites is 1. The highest BCUT2D eigenvalue weighted by Crippen LogP contribution is 2.29. The van der Waals surface area contributed by atoms with E-state index < -0.39 is 10.0 Å². The van der Waals surface area contributed by atoms with Gasteiger partial charge < -0.3 is 0 Å². The van der Waals surface area contributed by atoms with Crippen molar-refractivity contribution in [2.24, 2.45) is 0 Å². The van der Waals surface area contributed by atoms with E-state index in [4.69, 9.17) is 0 Å². The van der Waals surface area contributed by atoms with Crippen molar-refractivity contribution < 1.29 is 13.0 Å². The minimum atomic E-state index is -3.79. The molecule has 0 radical (unpaired) electrons. The van der Waals surface area contributed by atoms with Crippen molar-refractivity contribution in [1.29, 1.82) is 0 Å². The van der Waals surface area contributed by atoms with Crippen LogP contribution in [-0.4, -0.2) is 18.7 Å². The number of nitrogens with one attached hydrogen (secondary N) is 1. The van der Waals surface area contributed by atoms with Crippen LogP contribution >= 0.6 is 0 Å². The zero-order chi connectivity index (χ0) is 16.4. The van der Waals surface area contributed by atoms with E-state index in [2.05, 4.69) is 33.5 Å². The van der Waals surface area contributed by atoms with Crippen molar-refractivity contribution >= 4 is 26.7 Å². The first-order valence-corrected chi connectivity index (χ1v) is 8.84. The van der Waals surface area contributed by atoms with Crippen molar-refractivity contribution in [2.45, 2.75) is 31.1 Å². The molecule has 0 unspecified atom stereocenters. The van der Waals surface area contributed by atoms with Crippen LogP contribution in [0, 0.1) is 0 Å². The van der Waals surface area contributed by atoms with Gasteiger partial charge in [0.05, 0.1) is 5.69 Å². The van der Waals surface area contributed by atoms with E-state index in [1.54, 1.807) is 18.2 Å². The van der Waals surface area contributed by atoms with Crippen molar-refractivity contribution in [2.75, 3.05) is 4.72 Å². The smallest absolute Gasteiger partial charge is 0.264 e. The topological polar surface area (TPSA) is 85.1 Å². The number of rotatable bonds is 5. The van der Waals surface area contributed by atoms with Crippen LogP contribution in [0.3, 0.4) is 0 Å². The average Bonchev–Trinajstić information content (AvgIpc) is 3.02. The summed E-state index contributed by atoms with van der Waals surface area (Å²) in [5.74, 6) is 0.249. The molecule has 23 heavy (non-hydrogen) atoms. The summed E-state index contributed by atoms with van der Waals surface area (Å²) in [6.45, 7) is 4.13. The van der Waals surface area contributed by atoms with Gasteiger partial charge in [0.25, 0.3) is 10.0 Å². The molecule has 0 saturated carbocycles. The standard InChI is InChI=1S/C16H17N3O3S/c1-3-11(2)12-7-4-5-8-13(12)19-23(20,21)15-10-6-9-14-16(15)18-22-17-14/h4-11,19H,3H2,1-2H3/t11-/m0/s1. The lowest BCUT2D eigenvalue weighted by Gasteiger charge is -2.16. The summed E-state index contributed by atoms with van der Waals surface area (Å²) in [6.07, 6.45) is 0.918. The summed E-state index contributed by atoms with van der Waals surface area (Å²) >= 11 is 0. The van der Waals surface area contributed by atoms with E-state index in [0.717, 1.165) is 12.0 Å². The molecule has 120 valence electrons. The minimum Gasteiger partial charge on any atom is -0.279 e. The molecule has 3 rings (SSSR count). The van der Waals surface area contributed by atoms with Gasteiger partial charge in [0, 0.05) is 0 Å². The Morgan fingerprint density at radius 1 is 1.13 bits per heavy atom. The predicted octanol–water partition coefficient (Wildman–Crippen LogP) is 3.54. The highest BCUT2D eigenvalue weighted by molar-refractivity contribution is 7.93. The summed E-state index contributed by atoms with van der Waals surface area (Å²) < 4.78 is 32.8. The lowest BCUT2D eigenvalue weighted by Crippen LogP contribution is -2.15. The fourth-order valence-corrected chi connectivity index (χ4v) is 3.68. The van der Waals surface area contributed by atoms with Crippen LogP contribution in [0.4, 0.5) is 5.69 Å². The number of sulfonamides is 1. The Morgan fingerprint density at radius 2 is 1.91 bits per heavy atom. The molecule has 1 heterocycles. The third kappa shape index (κ3) is 2.92. The molecule has 1 N–H and O–H groups in total. The van der Waals surface area contributed by atoms with Gasteiger partial charge in [-0.15, -0.1) is 0 Å². The zero-order valence-electron chi connectivity index (χ0n) is 12.9. The lowest BCUT2D eigenvalue weighted by atomic mass is 9.97. The SMILES string of the molecule is CC[C@H](C)c1ccccc1NS(=O)(=O)c1cccc2nonc12. The molecule has 0 aliphatic carbocycles. The van der Waals surface area contributed by atoms with E-state index >= 15 is 0 Å². The Hall–Kier alpha value is -2.41. The Bertz CT molecular complexity index is 934. The molecule has 1 atom stereocenters. The summed E-state index contributed by atoms with van der Waals surface area (Å²) in [5, 5.41) is 7.38. The van der Waals surface area contributed by atoms with Gasteiger partial charge in [-0.05, 0) is 46.4 Å². The number of nitrogens with zero attached hydrogens (tertiary/aromatic N) is 2. The van der Waals surface area contributed by atoms with Gasteiger partial charge >= 0.3 is 0 Å². The Labute approximate surface area is 134 Å². The first-order chi connectivity index (χ1) is 11.0. The summed E-state index contributed by atoms with van der Waals surface area (Å²) in [6, 6.07) is 12.2. The van der Waals surface area contributed by atoms with Gasteiger partial charge in [0.15, 0.2) is 5.52 Å². The van der Waals surface area contributed by atoms with E-state index in [0.29, 0.717) is 11.2 Å². The van der Waals surface area contributed by atoms with Gasteiger partial charge in [0.2, 0.25) is 0 Å². The van der Waals surface area contributed by atoms with Crippen LogP contribution in [0.15, 0.2) is 52.0 Å². The van der Waals surface area contributed by atoms with E-state index in [1.807, 2.05) is 18.2 Å². The number of benzene rings is 2. The molecule has 0 amide bonds. The fraction of sp³-hybridized carbons (Fsp3) is 0.250. The molecule has 0 saturated heterocycles. The summed E-state index contributed by atoms with van der Waals surface area (Å²) in [4.78, 5) is 0.0511. The molecule has 0 bridgehead atoms. The Balaban J connectivity index is 2.04. The van der Waals surface area contributed by atoms with Crippen LogP contribution in [0.2, 0.25) is 0 Å². The van der Waals surface area contributed by atoms with Gasteiger partial charge in [-0.1, -0.05) is 38.1 Å². The van der Waals surface area contributed by atoms with Crippen LogP contribution in [-0.2, 0) is 10.0 Å². The fourth-order valence-electron chi connectivity index (χ4n) is 2.44. The largest absolute Gasteiger partial charge is 0.279 e. The van der Waals surface area contributed by atoms with E-state index in [9.17, 15) is 8.42 Å². The van der Waals surface area contributed by atoms with Gasteiger partial charge in [-0.25, -0.2) is 13.0 Å². The number of fused-ring (bicyclic) bond motifs is 1. The van der Waals surface area contributed by atoms with Crippen LogP contribution in [0.1, 0.15) is 31.7 Å². The normalized spacial score (nSPS) is 13.1. The second-order valence-corrected chi connectivity index (χ2v) is 7.04. The monoisotopic (exact) mass is 331 g/mol. The molecular formula is C16H17N3O3S. The molecule has 1 aromatic heterocycles. The first kappa shape index (κ1) is 15.5. The molecule has 0 fully saturated rings. The average molecular weight is 331 g/mol. The maximum atomic E-state index is 12.8. The molecule has 0 aliphatic heterocycles.